The van der Waals surface area contributed by atoms with Gasteiger partial charge in [0.1, 0.15) is 5.75 Å². The van der Waals surface area contributed by atoms with Crippen molar-refractivity contribution in [2.75, 3.05) is 4.90 Å². The maximum absolute atomic E-state index is 12.9. The lowest BCUT2D eigenvalue weighted by molar-refractivity contribution is -0.124. The van der Waals surface area contributed by atoms with E-state index < -0.39 is 6.10 Å². The second kappa shape index (κ2) is 6.07. The zero-order valence-corrected chi connectivity index (χ0v) is 14.2. The molecule has 0 saturated carbocycles. The normalized spacial score (nSPS) is 17.7. The van der Waals surface area contributed by atoms with E-state index in [1.54, 1.807) is 0 Å². The predicted molar refractivity (Wildman–Crippen MR) is 93.1 cm³/mol. The third kappa shape index (κ3) is 2.83. The molecule has 0 saturated heterocycles. The smallest absolute Gasteiger partial charge is 0.268 e. The number of para-hydroxylation sites is 1. The quantitative estimate of drug-likeness (QED) is 0.856. The molecule has 2 aromatic carbocycles. The number of rotatable bonds is 3. The van der Waals surface area contributed by atoms with Crippen LogP contribution >= 0.6 is 0 Å². The van der Waals surface area contributed by atoms with E-state index in [0.29, 0.717) is 0 Å². The molecule has 1 heterocycles. The predicted octanol–water partition coefficient (Wildman–Crippen LogP) is 4.05. The van der Waals surface area contributed by atoms with Gasteiger partial charge in [0.2, 0.25) is 0 Å². The van der Waals surface area contributed by atoms with E-state index in [2.05, 4.69) is 13.0 Å². The van der Waals surface area contributed by atoms with Crippen molar-refractivity contribution in [3.05, 3.63) is 59.2 Å². The highest BCUT2D eigenvalue weighted by atomic mass is 16.5. The highest BCUT2D eigenvalue weighted by Gasteiger charge is 2.33. The summed E-state index contributed by atoms with van der Waals surface area (Å²) in [5.41, 5.74) is 4.50. The summed E-state index contributed by atoms with van der Waals surface area (Å²) >= 11 is 0. The Morgan fingerprint density at radius 2 is 1.91 bits per heavy atom. The molecule has 0 fully saturated rings. The zero-order chi connectivity index (χ0) is 16.6. The number of hydrogen-bond acceptors (Lipinski definition) is 2. The minimum Gasteiger partial charge on any atom is -0.481 e. The van der Waals surface area contributed by atoms with Crippen LogP contribution in [0.4, 0.5) is 5.69 Å². The van der Waals surface area contributed by atoms with Crippen molar-refractivity contribution < 1.29 is 9.53 Å². The number of ether oxygens (including phenoxy) is 1. The van der Waals surface area contributed by atoms with Crippen molar-refractivity contribution in [2.24, 2.45) is 0 Å². The summed E-state index contributed by atoms with van der Waals surface area (Å²) in [6.07, 6.45) is 0.391. The molecule has 0 radical (unpaired) electrons. The van der Waals surface area contributed by atoms with E-state index >= 15 is 0 Å². The van der Waals surface area contributed by atoms with Crippen LogP contribution in [0.5, 0.6) is 5.75 Å². The van der Waals surface area contributed by atoms with Crippen LogP contribution in [0.1, 0.15) is 30.5 Å². The van der Waals surface area contributed by atoms with E-state index in [4.69, 9.17) is 4.74 Å². The van der Waals surface area contributed by atoms with Gasteiger partial charge in [0.15, 0.2) is 6.10 Å². The molecule has 1 aliphatic rings. The van der Waals surface area contributed by atoms with Crippen LogP contribution in [0.15, 0.2) is 42.5 Å². The second-order valence-electron chi connectivity index (χ2n) is 6.35. The van der Waals surface area contributed by atoms with Gasteiger partial charge in [-0.1, -0.05) is 30.3 Å². The van der Waals surface area contributed by atoms with E-state index in [-0.39, 0.29) is 11.9 Å². The lowest BCUT2D eigenvalue weighted by Gasteiger charge is -2.27. The molecule has 0 aromatic heterocycles. The minimum atomic E-state index is -0.510. The molecule has 2 aromatic rings. The average molecular weight is 309 g/mol. The number of carbonyl (C=O) groups excluding carboxylic acids is 1. The highest BCUT2D eigenvalue weighted by Crippen LogP contribution is 2.33. The molecule has 2 atom stereocenters. The number of amides is 1. The Labute approximate surface area is 137 Å². The van der Waals surface area contributed by atoms with Gasteiger partial charge in [0.05, 0.1) is 0 Å². The molecular formula is C20H23NO2. The van der Waals surface area contributed by atoms with Crippen LogP contribution in [-0.2, 0) is 11.2 Å². The largest absolute Gasteiger partial charge is 0.481 e. The Balaban J connectivity index is 1.82. The van der Waals surface area contributed by atoms with Gasteiger partial charge in [0, 0.05) is 11.7 Å². The third-order valence-corrected chi connectivity index (χ3v) is 4.65. The molecule has 23 heavy (non-hydrogen) atoms. The summed E-state index contributed by atoms with van der Waals surface area (Å²) < 4.78 is 5.97. The van der Waals surface area contributed by atoms with Crippen molar-refractivity contribution in [3.8, 4) is 5.75 Å². The molecular weight excluding hydrogens is 286 g/mol. The molecule has 1 amide bonds. The standard InChI is InChI=1S/C20H23NO2/c1-13-8-7-11-19(15(13)3)23-16(4)20(22)21-14(2)12-17-9-5-6-10-18(17)21/h5-11,14,16H,12H2,1-4H3/t14-,16+/m0/s1. The Kier molecular flexibility index (Phi) is 4.12. The van der Waals surface area contributed by atoms with Gasteiger partial charge in [0.25, 0.3) is 5.91 Å². The molecule has 120 valence electrons. The first kappa shape index (κ1) is 15.6. The van der Waals surface area contributed by atoms with Crippen molar-refractivity contribution in [1.29, 1.82) is 0 Å². The third-order valence-electron chi connectivity index (χ3n) is 4.65. The first-order valence-electron chi connectivity index (χ1n) is 8.13. The number of benzene rings is 2. The van der Waals surface area contributed by atoms with Gasteiger partial charge in [-0.3, -0.25) is 4.79 Å². The summed E-state index contributed by atoms with van der Waals surface area (Å²) in [7, 11) is 0. The fraction of sp³-hybridized carbons (Fsp3) is 0.350. The van der Waals surface area contributed by atoms with E-state index in [1.807, 2.05) is 62.1 Å². The zero-order valence-electron chi connectivity index (χ0n) is 14.2. The summed E-state index contributed by atoms with van der Waals surface area (Å²) in [6.45, 7) is 7.99. The second-order valence-corrected chi connectivity index (χ2v) is 6.35. The fourth-order valence-corrected chi connectivity index (χ4v) is 3.19. The number of hydrogen-bond donors (Lipinski definition) is 0. The summed E-state index contributed by atoms with van der Waals surface area (Å²) in [4.78, 5) is 14.8. The van der Waals surface area contributed by atoms with Crippen LogP contribution < -0.4 is 9.64 Å². The van der Waals surface area contributed by atoms with E-state index in [9.17, 15) is 4.79 Å². The van der Waals surface area contributed by atoms with Gasteiger partial charge in [-0.05, 0) is 62.9 Å². The van der Waals surface area contributed by atoms with E-state index in [1.165, 1.54) is 11.1 Å². The number of aryl methyl sites for hydroxylation is 1. The van der Waals surface area contributed by atoms with Gasteiger partial charge in [-0.25, -0.2) is 0 Å². The lowest BCUT2D eigenvalue weighted by Crippen LogP contribution is -2.43. The molecule has 3 rings (SSSR count). The van der Waals surface area contributed by atoms with Crippen LogP contribution in [0.2, 0.25) is 0 Å². The van der Waals surface area contributed by atoms with Gasteiger partial charge < -0.3 is 9.64 Å². The van der Waals surface area contributed by atoms with Gasteiger partial charge in [-0.2, -0.15) is 0 Å². The van der Waals surface area contributed by atoms with Crippen molar-refractivity contribution in [3.63, 3.8) is 0 Å². The molecule has 3 heteroatoms. The summed E-state index contributed by atoms with van der Waals surface area (Å²) in [6, 6.07) is 14.2. The Morgan fingerprint density at radius 1 is 1.17 bits per heavy atom. The Hall–Kier alpha value is -2.29. The molecule has 1 aliphatic heterocycles. The number of anilines is 1. The first-order chi connectivity index (χ1) is 11.0. The Morgan fingerprint density at radius 3 is 2.70 bits per heavy atom. The molecule has 3 nitrogen and oxygen atoms in total. The fourth-order valence-electron chi connectivity index (χ4n) is 3.19. The Bertz CT molecular complexity index is 738. The summed E-state index contributed by atoms with van der Waals surface area (Å²) in [5.74, 6) is 0.800. The number of fused-ring (bicyclic) bond motifs is 1. The first-order valence-corrected chi connectivity index (χ1v) is 8.13. The number of nitrogens with zero attached hydrogens (tertiary/aromatic N) is 1. The lowest BCUT2D eigenvalue weighted by atomic mass is 10.1. The van der Waals surface area contributed by atoms with Gasteiger partial charge in [-0.15, -0.1) is 0 Å². The molecule has 0 unspecified atom stereocenters. The number of carbonyl (C=O) groups is 1. The van der Waals surface area contributed by atoms with E-state index in [0.717, 1.165) is 23.4 Å². The van der Waals surface area contributed by atoms with Crippen LogP contribution in [0, 0.1) is 13.8 Å². The van der Waals surface area contributed by atoms with Crippen LogP contribution in [-0.4, -0.2) is 18.1 Å². The molecule has 0 spiro atoms. The topological polar surface area (TPSA) is 29.5 Å². The minimum absolute atomic E-state index is 0.0170. The average Bonchev–Trinajstić information content (AvgIpc) is 2.86. The SMILES string of the molecule is Cc1cccc(O[C@H](C)C(=O)N2c3ccccc3C[C@@H]2C)c1C. The molecule has 0 bridgehead atoms. The molecule has 0 aliphatic carbocycles. The summed E-state index contributed by atoms with van der Waals surface area (Å²) in [5, 5.41) is 0. The van der Waals surface area contributed by atoms with Crippen molar-refractivity contribution in [1.82, 2.24) is 0 Å². The maximum atomic E-state index is 12.9. The van der Waals surface area contributed by atoms with Crippen LogP contribution in [0.3, 0.4) is 0 Å². The molecule has 0 N–H and O–H groups in total. The highest BCUT2D eigenvalue weighted by molar-refractivity contribution is 5.99. The van der Waals surface area contributed by atoms with Crippen molar-refractivity contribution in [2.45, 2.75) is 46.3 Å². The monoisotopic (exact) mass is 309 g/mol. The van der Waals surface area contributed by atoms with Crippen LogP contribution in [0.25, 0.3) is 0 Å². The maximum Gasteiger partial charge on any atom is 0.268 e. The van der Waals surface area contributed by atoms with Crippen molar-refractivity contribution >= 4 is 11.6 Å². The van der Waals surface area contributed by atoms with Gasteiger partial charge >= 0.3 is 0 Å².